The molecule has 1 N–H and O–H groups in total. The summed E-state index contributed by atoms with van der Waals surface area (Å²) in [4.78, 5) is 12.5. The van der Waals surface area contributed by atoms with Gasteiger partial charge in [0.25, 0.3) is 5.91 Å². The molecule has 0 radical (unpaired) electrons. The summed E-state index contributed by atoms with van der Waals surface area (Å²) < 4.78 is 6.94. The van der Waals surface area contributed by atoms with Gasteiger partial charge >= 0.3 is 0 Å². The monoisotopic (exact) mass is 329 g/mol. The van der Waals surface area contributed by atoms with Crippen molar-refractivity contribution >= 4 is 11.6 Å². The van der Waals surface area contributed by atoms with Gasteiger partial charge in [-0.1, -0.05) is 13.8 Å². The highest BCUT2D eigenvalue weighted by Gasteiger charge is 2.19. The first kappa shape index (κ1) is 18.0. The topological polar surface area (TPSA) is 56.1 Å². The molecule has 0 aliphatic heterocycles. The van der Waals surface area contributed by atoms with E-state index in [-0.39, 0.29) is 12.5 Å². The predicted octanol–water partition coefficient (Wildman–Crippen LogP) is 4.16. The number of carbonyl (C=O) groups is 1. The van der Waals surface area contributed by atoms with Crippen LogP contribution in [0.2, 0.25) is 0 Å². The van der Waals surface area contributed by atoms with E-state index in [0.29, 0.717) is 12.5 Å². The van der Waals surface area contributed by atoms with E-state index in [1.54, 1.807) is 0 Å². The average molecular weight is 329 g/mol. The molecule has 1 heterocycles. The molecule has 5 heteroatoms. The fraction of sp³-hybridized carbons (Fsp3) is 0.474. The molecular formula is C19H27N3O2. The first-order valence-corrected chi connectivity index (χ1v) is 8.53. The number of aryl methyl sites for hydroxylation is 1. The van der Waals surface area contributed by atoms with Gasteiger partial charge in [-0.25, -0.2) is 4.68 Å². The van der Waals surface area contributed by atoms with Gasteiger partial charge in [0.2, 0.25) is 0 Å². The number of anilines is 1. The predicted molar refractivity (Wildman–Crippen MR) is 97.1 cm³/mol. The summed E-state index contributed by atoms with van der Waals surface area (Å²) in [5.41, 5.74) is 3.96. The number of rotatable bonds is 7. The highest BCUT2D eigenvalue weighted by atomic mass is 16.5. The number of hydrogen-bond acceptors (Lipinski definition) is 4. The van der Waals surface area contributed by atoms with E-state index in [9.17, 15) is 4.79 Å². The third kappa shape index (κ3) is 3.96. The minimum absolute atomic E-state index is 0.0564. The van der Waals surface area contributed by atoms with Gasteiger partial charge in [-0.05, 0) is 62.9 Å². The Kier molecular flexibility index (Phi) is 6.01. The Labute approximate surface area is 144 Å². The second kappa shape index (κ2) is 7.99. The average Bonchev–Trinajstić information content (AvgIpc) is 2.88. The van der Waals surface area contributed by atoms with Crippen LogP contribution in [0.5, 0.6) is 5.75 Å². The lowest BCUT2D eigenvalue weighted by Gasteiger charge is -2.10. The van der Waals surface area contributed by atoms with Crippen LogP contribution in [0.15, 0.2) is 24.3 Å². The molecule has 1 aromatic heterocycles. The van der Waals surface area contributed by atoms with Crippen LogP contribution >= 0.6 is 0 Å². The Morgan fingerprint density at radius 3 is 2.50 bits per heavy atom. The molecular weight excluding hydrogens is 302 g/mol. The van der Waals surface area contributed by atoms with E-state index in [2.05, 4.69) is 24.3 Å². The largest absolute Gasteiger partial charge is 0.494 e. The van der Waals surface area contributed by atoms with Gasteiger partial charge < -0.3 is 10.1 Å². The molecule has 2 aromatic rings. The van der Waals surface area contributed by atoms with Gasteiger partial charge in [0, 0.05) is 11.4 Å². The van der Waals surface area contributed by atoms with Gasteiger partial charge in [-0.15, -0.1) is 0 Å². The van der Waals surface area contributed by atoms with E-state index >= 15 is 0 Å². The lowest BCUT2D eigenvalue weighted by Crippen LogP contribution is -2.23. The van der Waals surface area contributed by atoms with Crippen molar-refractivity contribution in [1.29, 1.82) is 0 Å². The third-order valence-electron chi connectivity index (χ3n) is 4.30. The van der Waals surface area contributed by atoms with Crippen LogP contribution in [0.1, 0.15) is 54.9 Å². The number of ether oxygens (including phenoxy) is 1. The van der Waals surface area contributed by atoms with Crippen molar-refractivity contribution in [3.8, 4) is 5.75 Å². The Morgan fingerprint density at radius 1 is 1.25 bits per heavy atom. The summed E-state index contributed by atoms with van der Waals surface area (Å²) >= 11 is 0. The third-order valence-corrected chi connectivity index (χ3v) is 4.30. The van der Waals surface area contributed by atoms with Crippen LogP contribution < -0.4 is 10.1 Å². The summed E-state index contributed by atoms with van der Waals surface area (Å²) in [6, 6.07) is 7.59. The molecule has 0 saturated carbocycles. The van der Waals surface area contributed by atoms with Crippen LogP contribution in [0, 0.1) is 13.8 Å². The second-order valence-corrected chi connectivity index (χ2v) is 6.01. The lowest BCUT2D eigenvalue weighted by atomic mass is 9.97. The van der Waals surface area contributed by atoms with Crippen LogP contribution in [0.4, 0.5) is 5.69 Å². The zero-order valence-corrected chi connectivity index (χ0v) is 15.2. The zero-order valence-electron chi connectivity index (χ0n) is 15.2. The molecule has 0 saturated heterocycles. The first-order chi connectivity index (χ1) is 11.5. The number of nitrogens with zero attached hydrogens (tertiary/aromatic N) is 2. The van der Waals surface area contributed by atoms with E-state index in [0.717, 1.165) is 29.2 Å². The molecule has 0 fully saturated rings. The van der Waals surface area contributed by atoms with Gasteiger partial charge in [-0.2, -0.15) is 5.10 Å². The summed E-state index contributed by atoms with van der Waals surface area (Å²) in [7, 11) is 0. The molecule has 0 aliphatic carbocycles. The number of aromatic nitrogens is 2. The Balaban J connectivity index is 2.05. The molecule has 0 amide bonds. The minimum Gasteiger partial charge on any atom is -0.494 e. The SMILES string of the molecule is CCOc1ccc(NCC(=O)n2nc(C)c(C(C)CC)c2C)cc1. The van der Waals surface area contributed by atoms with Gasteiger partial charge in [-0.3, -0.25) is 4.79 Å². The van der Waals surface area contributed by atoms with Crippen LogP contribution in [-0.4, -0.2) is 28.8 Å². The van der Waals surface area contributed by atoms with Crippen LogP contribution in [0.3, 0.4) is 0 Å². The number of carbonyl (C=O) groups excluding carboxylic acids is 1. The zero-order chi connectivity index (χ0) is 17.7. The van der Waals surface area contributed by atoms with Crippen LogP contribution in [0.25, 0.3) is 0 Å². The van der Waals surface area contributed by atoms with Crippen molar-refractivity contribution in [1.82, 2.24) is 9.78 Å². The van der Waals surface area contributed by atoms with Gasteiger partial charge in [0.15, 0.2) is 0 Å². The van der Waals surface area contributed by atoms with Crippen molar-refractivity contribution in [3.63, 3.8) is 0 Å². The molecule has 0 spiro atoms. The van der Waals surface area contributed by atoms with E-state index in [1.165, 1.54) is 10.2 Å². The molecule has 0 aliphatic rings. The Morgan fingerprint density at radius 2 is 1.92 bits per heavy atom. The van der Waals surface area contributed by atoms with Crippen molar-refractivity contribution in [2.24, 2.45) is 0 Å². The molecule has 5 nitrogen and oxygen atoms in total. The number of hydrogen-bond donors (Lipinski definition) is 1. The van der Waals surface area contributed by atoms with E-state index in [4.69, 9.17) is 4.74 Å². The maximum absolute atomic E-state index is 12.5. The summed E-state index contributed by atoms with van der Waals surface area (Å²) in [5, 5.41) is 7.58. The normalized spacial score (nSPS) is 12.0. The highest BCUT2D eigenvalue weighted by Crippen LogP contribution is 2.25. The lowest BCUT2D eigenvalue weighted by molar-refractivity contribution is 0.0910. The van der Waals surface area contributed by atoms with Crippen LogP contribution in [-0.2, 0) is 0 Å². The maximum Gasteiger partial charge on any atom is 0.266 e. The molecule has 1 aromatic carbocycles. The van der Waals surface area contributed by atoms with Crippen molar-refractivity contribution in [2.75, 3.05) is 18.5 Å². The maximum atomic E-state index is 12.5. The first-order valence-electron chi connectivity index (χ1n) is 8.53. The second-order valence-electron chi connectivity index (χ2n) is 6.01. The van der Waals surface area contributed by atoms with Crippen molar-refractivity contribution in [2.45, 2.75) is 47.0 Å². The van der Waals surface area contributed by atoms with Crippen molar-refractivity contribution < 1.29 is 9.53 Å². The molecule has 2 rings (SSSR count). The van der Waals surface area contributed by atoms with E-state index < -0.39 is 0 Å². The Bertz CT molecular complexity index is 689. The quantitative estimate of drug-likeness (QED) is 0.828. The summed E-state index contributed by atoms with van der Waals surface area (Å²) in [6.45, 7) is 11.1. The highest BCUT2D eigenvalue weighted by molar-refractivity contribution is 5.83. The molecule has 24 heavy (non-hydrogen) atoms. The molecule has 130 valence electrons. The fourth-order valence-electron chi connectivity index (χ4n) is 2.90. The fourth-order valence-corrected chi connectivity index (χ4v) is 2.90. The van der Waals surface area contributed by atoms with Gasteiger partial charge in [0.1, 0.15) is 5.75 Å². The van der Waals surface area contributed by atoms with E-state index in [1.807, 2.05) is 45.0 Å². The van der Waals surface area contributed by atoms with Crippen molar-refractivity contribution in [3.05, 3.63) is 41.2 Å². The molecule has 0 bridgehead atoms. The standard InChI is InChI=1S/C19H27N3O2/c1-6-13(3)19-14(4)21-22(15(19)5)18(23)12-20-16-8-10-17(11-9-16)24-7-2/h8-11,13,20H,6-7,12H2,1-5H3. The summed E-state index contributed by atoms with van der Waals surface area (Å²) in [5.74, 6) is 1.18. The Hall–Kier alpha value is -2.30. The smallest absolute Gasteiger partial charge is 0.266 e. The molecule has 1 atom stereocenters. The summed E-state index contributed by atoms with van der Waals surface area (Å²) in [6.07, 6.45) is 1.03. The molecule has 1 unspecified atom stereocenters. The minimum atomic E-state index is -0.0564. The van der Waals surface area contributed by atoms with Gasteiger partial charge in [0.05, 0.1) is 18.8 Å². The number of nitrogens with one attached hydrogen (secondary N) is 1. The number of benzene rings is 1.